The lowest BCUT2D eigenvalue weighted by Gasteiger charge is -2.22. The normalized spacial score (nSPS) is 15.1. The van der Waals surface area contributed by atoms with Crippen molar-refractivity contribution >= 4 is 0 Å². The molecule has 0 aliphatic carbocycles. The molecule has 0 saturated heterocycles. The Balaban J connectivity index is 3.78. The van der Waals surface area contributed by atoms with Crippen molar-refractivity contribution in [2.45, 2.75) is 45.6 Å². The van der Waals surface area contributed by atoms with Crippen molar-refractivity contribution in [2.24, 2.45) is 5.73 Å². The number of hydrogen-bond donors (Lipinski definition) is 1. The van der Waals surface area contributed by atoms with E-state index in [-0.39, 0.29) is 0 Å². The van der Waals surface area contributed by atoms with Gasteiger partial charge in [0.25, 0.3) is 0 Å². The molecule has 0 fully saturated rings. The van der Waals surface area contributed by atoms with Crippen LogP contribution < -0.4 is 5.73 Å². The van der Waals surface area contributed by atoms with Crippen molar-refractivity contribution in [3.8, 4) is 6.07 Å². The molecule has 3 heteroatoms. The topological polar surface area (TPSA) is 53.0 Å². The Morgan fingerprint density at radius 2 is 1.86 bits per heavy atom. The minimum atomic E-state index is -0.604. The van der Waals surface area contributed by atoms with E-state index in [2.05, 4.69) is 24.8 Å². The summed E-state index contributed by atoms with van der Waals surface area (Å²) < 4.78 is 0. The maximum absolute atomic E-state index is 8.88. The van der Waals surface area contributed by atoms with Gasteiger partial charge in [-0.05, 0) is 38.9 Å². The lowest BCUT2D eigenvalue weighted by atomic mass is 9.93. The van der Waals surface area contributed by atoms with Crippen molar-refractivity contribution in [1.29, 1.82) is 5.26 Å². The molecule has 0 aromatic carbocycles. The molecule has 1 unspecified atom stereocenters. The molecule has 82 valence electrons. The Kier molecular flexibility index (Phi) is 6.52. The molecule has 0 aromatic heterocycles. The molecule has 14 heavy (non-hydrogen) atoms. The zero-order valence-electron chi connectivity index (χ0n) is 9.71. The average Bonchev–Trinajstić information content (AvgIpc) is 2.24. The molecule has 0 heterocycles. The van der Waals surface area contributed by atoms with Gasteiger partial charge in [0, 0.05) is 0 Å². The summed E-state index contributed by atoms with van der Waals surface area (Å²) in [5, 5.41) is 8.88. The molecule has 3 nitrogen and oxygen atoms in total. The van der Waals surface area contributed by atoms with Crippen LogP contribution in [0.15, 0.2) is 0 Å². The highest BCUT2D eigenvalue weighted by molar-refractivity contribution is 5.03. The molecule has 0 spiro atoms. The summed E-state index contributed by atoms with van der Waals surface area (Å²) in [7, 11) is 0. The minimum Gasteiger partial charge on any atom is -0.313 e. The van der Waals surface area contributed by atoms with Crippen LogP contribution in [0.5, 0.6) is 0 Å². The Morgan fingerprint density at radius 3 is 2.21 bits per heavy atom. The summed E-state index contributed by atoms with van der Waals surface area (Å²) in [5.41, 5.74) is 5.28. The molecular weight excluding hydrogens is 174 g/mol. The third-order valence-electron chi connectivity index (χ3n) is 2.85. The zero-order valence-corrected chi connectivity index (χ0v) is 9.71. The van der Waals surface area contributed by atoms with Crippen molar-refractivity contribution in [1.82, 2.24) is 4.90 Å². The van der Waals surface area contributed by atoms with Gasteiger partial charge in [-0.1, -0.05) is 20.8 Å². The smallest absolute Gasteiger partial charge is 0.104 e. The number of rotatable bonds is 7. The maximum Gasteiger partial charge on any atom is 0.104 e. The first-order chi connectivity index (χ1) is 6.61. The van der Waals surface area contributed by atoms with Crippen LogP contribution in [0, 0.1) is 11.3 Å². The fourth-order valence-electron chi connectivity index (χ4n) is 1.47. The molecule has 0 aliphatic heterocycles. The molecule has 2 N–H and O–H groups in total. The summed E-state index contributed by atoms with van der Waals surface area (Å²) in [6, 6.07) is 2.20. The van der Waals surface area contributed by atoms with Crippen LogP contribution in [0.4, 0.5) is 0 Å². The Morgan fingerprint density at radius 1 is 1.29 bits per heavy atom. The van der Waals surface area contributed by atoms with Crippen molar-refractivity contribution in [3.63, 3.8) is 0 Å². The van der Waals surface area contributed by atoms with Gasteiger partial charge >= 0.3 is 0 Å². The largest absolute Gasteiger partial charge is 0.313 e. The zero-order chi connectivity index (χ0) is 11.0. The number of nitrogens with two attached hydrogens (primary N) is 1. The first-order valence-electron chi connectivity index (χ1n) is 5.54. The second kappa shape index (κ2) is 6.80. The summed E-state index contributed by atoms with van der Waals surface area (Å²) in [6.07, 6.45) is 2.55. The predicted molar refractivity (Wildman–Crippen MR) is 59.8 cm³/mol. The second-order valence-corrected chi connectivity index (χ2v) is 3.75. The van der Waals surface area contributed by atoms with E-state index < -0.39 is 5.54 Å². The van der Waals surface area contributed by atoms with Crippen LogP contribution in [-0.4, -0.2) is 30.1 Å². The summed E-state index contributed by atoms with van der Waals surface area (Å²) >= 11 is 0. The number of hydrogen-bond acceptors (Lipinski definition) is 3. The maximum atomic E-state index is 8.88. The molecular formula is C11H23N3. The SMILES string of the molecule is CCN(CC)CCCC(N)(C#N)CC. The molecule has 0 saturated carbocycles. The molecule has 0 aromatic rings. The Hall–Kier alpha value is -0.590. The predicted octanol–water partition coefficient (Wildman–Crippen LogP) is 1.74. The van der Waals surface area contributed by atoms with E-state index in [1.165, 1.54) is 0 Å². The highest BCUT2D eigenvalue weighted by Gasteiger charge is 2.21. The van der Waals surface area contributed by atoms with Crippen molar-refractivity contribution < 1.29 is 0 Å². The number of nitriles is 1. The summed E-state index contributed by atoms with van der Waals surface area (Å²) in [5.74, 6) is 0. The van der Waals surface area contributed by atoms with E-state index >= 15 is 0 Å². The highest BCUT2D eigenvalue weighted by Crippen LogP contribution is 2.13. The average molecular weight is 197 g/mol. The molecule has 0 rings (SSSR count). The van der Waals surface area contributed by atoms with E-state index in [0.29, 0.717) is 0 Å². The van der Waals surface area contributed by atoms with E-state index in [1.807, 2.05) is 6.92 Å². The van der Waals surface area contributed by atoms with Gasteiger partial charge in [-0.25, -0.2) is 0 Å². The van der Waals surface area contributed by atoms with Gasteiger partial charge in [0.05, 0.1) is 6.07 Å². The quantitative estimate of drug-likeness (QED) is 0.676. The van der Waals surface area contributed by atoms with E-state index in [4.69, 9.17) is 11.0 Å². The molecule has 0 amide bonds. The van der Waals surface area contributed by atoms with Crippen LogP contribution in [0.2, 0.25) is 0 Å². The molecule has 0 radical (unpaired) electrons. The molecule has 1 atom stereocenters. The van der Waals surface area contributed by atoms with E-state index in [9.17, 15) is 0 Å². The third kappa shape index (κ3) is 4.59. The fraction of sp³-hybridized carbons (Fsp3) is 0.909. The fourth-order valence-corrected chi connectivity index (χ4v) is 1.47. The standard InChI is InChI=1S/C11H23N3/c1-4-11(13,10-12)8-7-9-14(5-2)6-3/h4-9,13H2,1-3H3. The highest BCUT2D eigenvalue weighted by atomic mass is 15.1. The van der Waals surface area contributed by atoms with Gasteiger partial charge in [-0.3, -0.25) is 0 Å². The first-order valence-corrected chi connectivity index (χ1v) is 5.54. The third-order valence-corrected chi connectivity index (χ3v) is 2.85. The summed E-state index contributed by atoms with van der Waals surface area (Å²) in [4.78, 5) is 2.35. The van der Waals surface area contributed by atoms with Gasteiger partial charge in [0.15, 0.2) is 0 Å². The van der Waals surface area contributed by atoms with Crippen molar-refractivity contribution in [3.05, 3.63) is 0 Å². The van der Waals surface area contributed by atoms with Crippen LogP contribution in [-0.2, 0) is 0 Å². The monoisotopic (exact) mass is 197 g/mol. The van der Waals surface area contributed by atoms with Crippen LogP contribution in [0.1, 0.15) is 40.0 Å². The summed E-state index contributed by atoms with van der Waals surface area (Å²) in [6.45, 7) is 9.49. The van der Waals surface area contributed by atoms with Crippen LogP contribution in [0.3, 0.4) is 0 Å². The number of nitrogens with zero attached hydrogens (tertiary/aromatic N) is 2. The van der Waals surface area contributed by atoms with Gasteiger partial charge in [0.2, 0.25) is 0 Å². The molecule has 0 aliphatic rings. The van der Waals surface area contributed by atoms with E-state index in [0.717, 1.165) is 38.9 Å². The lowest BCUT2D eigenvalue weighted by molar-refractivity contribution is 0.286. The van der Waals surface area contributed by atoms with Crippen molar-refractivity contribution in [2.75, 3.05) is 19.6 Å². The Bertz CT molecular complexity index is 181. The minimum absolute atomic E-state index is 0.604. The first kappa shape index (κ1) is 13.4. The van der Waals surface area contributed by atoms with Crippen LogP contribution >= 0.6 is 0 Å². The van der Waals surface area contributed by atoms with Gasteiger partial charge in [0.1, 0.15) is 5.54 Å². The van der Waals surface area contributed by atoms with Crippen LogP contribution in [0.25, 0.3) is 0 Å². The van der Waals surface area contributed by atoms with Gasteiger partial charge in [-0.15, -0.1) is 0 Å². The lowest BCUT2D eigenvalue weighted by Crippen LogP contribution is -2.38. The Labute approximate surface area is 87.9 Å². The second-order valence-electron chi connectivity index (χ2n) is 3.75. The van der Waals surface area contributed by atoms with Gasteiger partial charge in [-0.2, -0.15) is 5.26 Å². The van der Waals surface area contributed by atoms with Gasteiger partial charge < -0.3 is 10.6 Å². The molecule has 0 bridgehead atoms. The van der Waals surface area contributed by atoms with E-state index in [1.54, 1.807) is 0 Å².